The Hall–Kier alpha value is -1.51. The van der Waals surface area contributed by atoms with E-state index in [1.807, 2.05) is 0 Å². The molecule has 2 atom stereocenters. The number of rotatable bonds is 5. The summed E-state index contributed by atoms with van der Waals surface area (Å²) >= 11 is 9.28. The molecule has 1 aromatic carbocycles. The molecule has 0 saturated carbocycles. The normalized spacial score (nSPS) is 19.3. The van der Waals surface area contributed by atoms with E-state index in [1.165, 1.54) is 21.4 Å². The number of ketones is 1. The number of hydrogen-bond acceptors (Lipinski definition) is 5. The first kappa shape index (κ1) is 18.3. The van der Waals surface area contributed by atoms with Crippen LogP contribution in [0.1, 0.15) is 25.8 Å². The highest BCUT2D eigenvalue weighted by Crippen LogP contribution is 2.28. The van der Waals surface area contributed by atoms with E-state index in [0.717, 1.165) is 6.42 Å². The largest absolute Gasteiger partial charge is 0.464 e. The predicted molar refractivity (Wildman–Crippen MR) is 93.6 cm³/mol. The van der Waals surface area contributed by atoms with Gasteiger partial charge in [-0.2, -0.15) is 5.10 Å². The average molecular weight is 433 g/mol. The van der Waals surface area contributed by atoms with E-state index < -0.39 is 29.7 Å². The van der Waals surface area contributed by atoms with Crippen LogP contribution in [0, 0.1) is 5.82 Å². The molecule has 0 amide bonds. The van der Waals surface area contributed by atoms with Gasteiger partial charge in [0.1, 0.15) is 5.82 Å². The Morgan fingerprint density at radius 1 is 1.52 bits per heavy atom. The van der Waals surface area contributed by atoms with Crippen molar-refractivity contribution in [2.75, 3.05) is 13.2 Å². The lowest BCUT2D eigenvalue weighted by Gasteiger charge is -2.21. The van der Waals surface area contributed by atoms with E-state index in [0.29, 0.717) is 23.0 Å². The number of ether oxygens (including phenoxy) is 1. The van der Waals surface area contributed by atoms with Gasteiger partial charge in [-0.05, 0) is 43.7 Å². The molecule has 3 rings (SSSR count). The fraction of sp³-hybridized carbons (Fsp3) is 0.438. The molecular weight excluding hydrogens is 417 g/mol. The standard InChI is InChI=1S/C16H16BrClFN3O3/c1-2-25-16(24)14(15(23)13-4-3-5-21(13)18)22-8-10-11(19)6-9(17)7-12(10)20-22/h6-8,13-14H,2-5H2,1H3. The zero-order chi connectivity index (χ0) is 18.1. The molecule has 9 heteroatoms. The smallest absolute Gasteiger partial charge is 0.338 e. The molecule has 1 aliphatic rings. The van der Waals surface area contributed by atoms with Crippen LogP contribution in [0.2, 0.25) is 0 Å². The number of esters is 1. The fourth-order valence-electron chi connectivity index (χ4n) is 2.97. The lowest BCUT2D eigenvalue weighted by Crippen LogP contribution is -2.40. The minimum absolute atomic E-state index is 0.124. The summed E-state index contributed by atoms with van der Waals surface area (Å²) in [4.78, 5) is 25.3. The van der Waals surface area contributed by atoms with Crippen molar-refractivity contribution < 1.29 is 18.7 Å². The molecule has 0 N–H and O–H groups in total. The molecule has 1 aliphatic heterocycles. The number of carbonyl (C=O) groups excluding carboxylic acids is 2. The van der Waals surface area contributed by atoms with Crippen LogP contribution in [0.5, 0.6) is 0 Å². The van der Waals surface area contributed by atoms with Crippen molar-refractivity contribution in [1.29, 1.82) is 0 Å². The van der Waals surface area contributed by atoms with Gasteiger partial charge in [0.2, 0.25) is 6.04 Å². The second kappa shape index (κ2) is 7.39. The maximum Gasteiger partial charge on any atom is 0.338 e. The lowest BCUT2D eigenvalue weighted by molar-refractivity contribution is -0.151. The van der Waals surface area contributed by atoms with Crippen LogP contribution in [-0.4, -0.2) is 45.1 Å². The molecule has 0 aliphatic carbocycles. The third-order valence-electron chi connectivity index (χ3n) is 4.12. The molecule has 2 heterocycles. The third kappa shape index (κ3) is 3.56. The van der Waals surface area contributed by atoms with Gasteiger partial charge in [-0.1, -0.05) is 15.9 Å². The van der Waals surface area contributed by atoms with E-state index in [-0.39, 0.29) is 12.0 Å². The van der Waals surface area contributed by atoms with Crippen molar-refractivity contribution in [2.45, 2.75) is 31.8 Å². The van der Waals surface area contributed by atoms with E-state index in [4.69, 9.17) is 16.5 Å². The minimum Gasteiger partial charge on any atom is -0.464 e. The Morgan fingerprint density at radius 3 is 2.92 bits per heavy atom. The second-order valence-electron chi connectivity index (χ2n) is 5.77. The first-order chi connectivity index (χ1) is 11.9. The van der Waals surface area contributed by atoms with Crippen molar-refractivity contribution in [3.8, 4) is 0 Å². The second-order valence-corrected chi connectivity index (χ2v) is 7.12. The van der Waals surface area contributed by atoms with Crippen molar-refractivity contribution in [1.82, 2.24) is 14.2 Å². The molecule has 1 aromatic heterocycles. The molecular formula is C16H16BrClFN3O3. The van der Waals surface area contributed by atoms with Gasteiger partial charge < -0.3 is 4.74 Å². The SMILES string of the molecule is CCOC(=O)C(C(=O)C1CCCN1Cl)n1cc2c(F)cc(Br)cc2n1. The Labute approximate surface area is 157 Å². The summed E-state index contributed by atoms with van der Waals surface area (Å²) in [7, 11) is 0. The monoisotopic (exact) mass is 431 g/mol. The number of aromatic nitrogens is 2. The van der Waals surface area contributed by atoms with Crippen molar-refractivity contribution >= 4 is 50.4 Å². The zero-order valence-electron chi connectivity index (χ0n) is 13.4. The number of halogens is 3. The van der Waals surface area contributed by atoms with Crippen LogP contribution in [0.3, 0.4) is 0 Å². The number of benzene rings is 1. The maximum absolute atomic E-state index is 14.1. The summed E-state index contributed by atoms with van der Waals surface area (Å²) in [5.41, 5.74) is 0.336. The van der Waals surface area contributed by atoms with Gasteiger partial charge in [-0.15, -0.1) is 0 Å². The quantitative estimate of drug-likeness (QED) is 0.412. The van der Waals surface area contributed by atoms with Gasteiger partial charge in [0, 0.05) is 17.2 Å². The van der Waals surface area contributed by atoms with Crippen molar-refractivity contribution in [3.05, 3.63) is 28.6 Å². The summed E-state index contributed by atoms with van der Waals surface area (Å²) in [6.45, 7) is 2.34. The molecule has 0 bridgehead atoms. The van der Waals surface area contributed by atoms with Crippen LogP contribution in [0.25, 0.3) is 10.9 Å². The summed E-state index contributed by atoms with van der Waals surface area (Å²) in [6.07, 6.45) is 2.67. The molecule has 25 heavy (non-hydrogen) atoms. The molecule has 1 fully saturated rings. The van der Waals surface area contributed by atoms with Crippen LogP contribution in [0.15, 0.2) is 22.8 Å². The first-order valence-electron chi connectivity index (χ1n) is 7.89. The van der Waals surface area contributed by atoms with Crippen LogP contribution < -0.4 is 0 Å². The van der Waals surface area contributed by atoms with Crippen molar-refractivity contribution in [3.63, 3.8) is 0 Å². The van der Waals surface area contributed by atoms with Crippen LogP contribution in [-0.2, 0) is 14.3 Å². The number of Topliss-reactive ketones (excluding diaryl/α,β-unsaturated/α-hetero) is 1. The number of hydrogen-bond donors (Lipinski definition) is 0. The topological polar surface area (TPSA) is 64.4 Å². The van der Waals surface area contributed by atoms with Crippen LogP contribution >= 0.6 is 27.7 Å². The highest BCUT2D eigenvalue weighted by molar-refractivity contribution is 9.10. The summed E-state index contributed by atoms with van der Waals surface area (Å²) in [5, 5.41) is 4.44. The summed E-state index contributed by atoms with van der Waals surface area (Å²) in [6, 6.07) is 1.02. The zero-order valence-corrected chi connectivity index (χ0v) is 15.8. The number of fused-ring (bicyclic) bond motifs is 1. The van der Waals surface area contributed by atoms with Gasteiger partial charge in [0.25, 0.3) is 0 Å². The van der Waals surface area contributed by atoms with E-state index in [1.54, 1.807) is 13.0 Å². The summed E-state index contributed by atoms with van der Waals surface area (Å²) in [5.74, 6) is -1.62. The molecule has 0 spiro atoms. The Bertz CT molecular complexity index is 828. The molecule has 1 saturated heterocycles. The minimum atomic E-state index is -1.30. The number of carbonyl (C=O) groups is 2. The van der Waals surface area contributed by atoms with Crippen molar-refractivity contribution in [2.24, 2.45) is 0 Å². The Morgan fingerprint density at radius 2 is 2.28 bits per heavy atom. The van der Waals surface area contributed by atoms with Crippen LogP contribution in [0.4, 0.5) is 4.39 Å². The molecule has 6 nitrogen and oxygen atoms in total. The maximum atomic E-state index is 14.1. The Kier molecular flexibility index (Phi) is 5.41. The van der Waals surface area contributed by atoms with Gasteiger partial charge in [-0.25, -0.2) is 18.3 Å². The molecule has 134 valence electrons. The molecule has 0 radical (unpaired) electrons. The summed E-state index contributed by atoms with van der Waals surface area (Å²) < 4.78 is 22.2. The highest BCUT2D eigenvalue weighted by Gasteiger charge is 2.40. The van der Waals surface area contributed by atoms with E-state index in [9.17, 15) is 14.0 Å². The van der Waals surface area contributed by atoms with Gasteiger partial charge >= 0.3 is 5.97 Å². The first-order valence-corrected chi connectivity index (χ1v) is 9.02. The lowest BCUT2D eigenvalue weighted by atomic mass is 10.0. The fourth-order valence-corrected chi connectivity index (χ4v) is 3.70. The molecule has 2 unspecified atom stereocenters. The predicted octanol–water partition coefficient (Wildman–Crippen LogP) is 3.23. The third-order valence-corrected chi connectivity index (χ3v) is 4.98. The average Bonchev–Trinajstić information content (AvgIpc) is 3.14. The van der Waals surface area contributed by atoms with Gasteiger partial charge in [-0.3, -0.25) is 4.79 Å². The van der Waals surface area contributed by atoms with Gasteiger partial charge in [0.15, 0.2) is 5.78 Å². The highest BCUT2D eigenvalue weighted by atomic mass is 79.9. The number of nitrogens with zero attached hydrogens (tertiary/aromatic N) is 3. The van der Waals surface area contributed by atoms with E-state index in [2.05, 4.69) is 21.0 Å². The Balaban J connectivity index is 2.03. The molecule has 2 aromatic rings. The van der Waals surface area contributed by atoms with E-state index >= 15 is 0 Å². The van der Waals surface area contributed by atoms with Gasteiger partial charge in [0.05, 0.1) is 23.6 Å².